The van der Waals surface area contributed by atoms with E-state index in [0.717, 1.165) is 21.9 Å². The van der Waals surface area contributed by atoms with E-state index in [4.69, 9.17) is 0 Å². The molecule has 0 atom stereocenters. The van der Waals surface area contributed by atoms with Crippen LogP contribution < -0.4 is 41.4 Å². The average molecular weight is 584 g/mol. The van der Waals surface area contributed by atoms with E-state index in [2.05, 4.69) is 21.4 Å². The largest absolute Gasteiger partial charge is 1.00 e. The van der Waals surface area contributed by atoms with Crippen LogP contribution in [-0.2, 0) is 13.1 Å². The van der Waals surface area contributed by atoms with Crippen LogP contribution in [0.2, 0.25) is 0 Å². The highest BCUT2D eigenvalue weighted by Gasteiger charge is 2.32. The summed E-state index contributed by atoms with van der Waals surface area (Å²) in [5.74, 6) is -0.282. The van der Waals surface area contributed by atoms with Crippen LogP contribution in [0.25, 0.3) is 11.1 Å². The molecule has 3 heterocycles. The lowest BCUT2D eigenvalue weighted by Crippen LogP contribution is -3.00. The third-order valence-corrected chi connectivity index (χ3v) is 8.93. The Labute approximate surface area is 229 Å². The lowest BCUT2D eigenvalue weighted by atomic mass is 10.2. The zero-order valence-electron chi connectivity index (χ0n) is 19.7. The molecule has 0 saturated heterocycles. The summed E-state index contributed by atoms with van der Waals surface area (Å²) in [6.45, 7) is 3.15. The Hall–Kier alpha value is -2.73. The van der Waals surface area contributed by atoms with E-state index in [9.17, 15) is 18.0 Å². The van der Waals surface area contributed by atoms with Gasteiger partial charge in [-0.3, -0.25) is 9.36 Å². The van der Waals surface area contributed by atoms with E-state index in [1.54, 1.807) is 22.0 Å². The molecule has 0 bridgehead atoms. The zero-order valence-corrected chi connectivity index (χ0v) is 22.9. The molecule has 37 heavy (non-hydrogen) atoms. The Kier molecular flexibility index (Phi) is 8.08. The molecule has 5 nitrogen and oxygen atoms in total. The molecular weight excluding hydrogens is 563 g/mol. The lowest BCUT2D eigenvalue weighted by molar-refractivity contribution is -0.685. The predicted octanol–water partition coefficient (Wildman–Crippen LogP) is 1.37. The smallest absolute Gasteiger partial charge is 0.573 e. The Morgan fingerprint density at radius 1 is 1.14 bits per heavy atom. The Bertz CT molecular complexity index is 1600. The minimum atomic E-state index is -4.76. The number of fused-ring (bicyclic) bond motifs is 1. The lowest BCUT2D eigenvalue weighted by Gasteiger charge is -2.13. The number of benzene rings is 2. The number of aromatic nitrogens is 2. The van der Waals surface area contributed by atoms with Crippen LogP contribution in [0, 0.1) is 0 Å². The van der Waals surface area contributed by atoms with Crippen LogP contribution in [0.4, 0.5) is 18.9 Å². The van der Waals surface area contributed by atoms with Crippen molar-refractivity contribution in [1.29, 1.82) is 0 Å². The quantitative estimate of drug-likeness (QED) is 0.333. The van der Waals surface area contributed by atoms with Crippen LogP contribution in [0.1, 0.15) is 17.5 Å². The van der Waals surface area contributed by atoms with E-state index in [-0.39, 0.29) is 23.7 Å². The Morgan fingerprint density at radius 2 is 1.89 bits per heavy atom. The summed E-state index contributed by atoms with van der Waals surface area (Å²) in [5, 5.41) is 3.72. The third kappa shape index (κ3) is 5.74. The summed E-state index contributed by atoms with van der Waals surface area (Å²) >= 11 is 4.26. The summed E-state index contributed by atoms with van der Waals surface area (Å²) < 4.78 is 47.3. The van der Waals surface area contributed by atoms with Crippen molar-refractivity contribution in [3.63, 3.8) is 0 Å². The number of rotatable bonds is 5. The molecule has 2 aromatic heterocycles. The first-order valence-electron chi connectivity index (χ1n) is 11.0. The van der Waals surface area contributed by atoms with Crippen molar-refractivity contribution < 1.29 is 34.9 Å². The van der Waals surface area contributed by atoms with Gasteiger partial charge in [-0.05, 0) is 25.1 Å². The molecule has 2 aromatic carbocycles. The van der Waals surface area contributed by atoms with Gasteiger partial charge in [0.1, 0.15) is 20.0 Å². The number of thioether (sulfide) groups is 1. The van der Waals surface area contributed by atoms with Gasteiger partial charge in [0.15, 0.2) is 12.7 Å². The molecule has 0 fully saturated rings. The second-order valence-electron chi connectivity index (χ2n) is 7.96. The molecule has 0 saturated carbocycles. The number of hydrogen-bond donors (Lipinski definition) is 0. The van der Waals surface area contributed by atoms with E-state index in [1.165, 1.54) is 40.8 Å². The second kappa shape index (κ2) is 10.9. The summed E-state index contributed by atoms with van der Waals surface area (Å²) in [6, 6.07) is 14.4. The molecule has 0 amide bonds. The van der Waals surface area contributed by atoms with Crippen LogP contribution >= 0.6 is 34.4 Å². The van der Waals surface area contributed by atoms with Crippen molar-refractivity contribution in [3.05, 3.63) is 90.2 Å². The normalized spacial score (nSPS) is 15.1. The Morgan fingerprint density at radius 3 is 2.59 bits per heavy atom. The highest BCUT2D eigenvalue weighted by atomic mass is 35.5. The van der Waals surface area contributed by atoms with Gasteiger partial charge in [0, 0.05) is 24.1 Å². The fraction of sp³-hybridized carbons (Fsp3) is 0.200. The van der Waals surface area contributed by atoms with Crippen molar-refractivity contribution in [2.75, 3.05) is 11.9 Å². The SMILES string of the molecule is CCn1c(=O)/c(=C2\Sc3cc(OC(F)(F)F)ccc3N2C)s/c1=C\c1scc[n+]1Cc1ccccc1.[Cl-]. The molecule has 0 aliphatic carbocycles. The number of ether oxygens (including phenoxy) is 1. The minimum absolute atomic E-state index is 0. The van der Waals surface area contributed by atoms with Gasteiger partial charge in [0.05, 0.1) is 17.1 Å². The molecule has 1 aliphatic heterocycles. The molecule has 0 spiro atoms. The first-order valence-corrected chi connectivity index (χ1v) is 13.5. The van der Waals surface area contributed by atoms with Crippen LogP contribution in [0.3, 0.4) is 0 Å². The van der Waals surface area contributed by atoms with Crippen molar-refractivity contribution in [3.8, 4) is 5.75 Å². The predicted molar refractivity (Wildman–Crippen MR) is 138 cm³/mol. The number of hydrogen-bond acceptors (Lipinski definition) is 6. The van der Waals surface area contributed by atoms with Gasteiger partial charge < -0.3 is 22.0 Å². The summed E-state index contributed by atoms with van der Waals surface area (Å²) in [7, 11) is 1.81. The summed E-state index contributed by atoms with van der Waals surface area (Å²) in [4.78, 5) is 15.8. The first kappa shape index (κ1) is 27.3. The zero-order chi connectivity index (χ0) is 25.4. The summed E-state index contributed by atoms with van der Waals surface area (Å²) in [6.07, 6.45) is -0.712. The maximum absolute atomic E-state index is 13.4. The number of halogens is 4. The van der Waals surface area contributed by atoms with Gasteiger partial charge in [-0.1, -0.05) is 53.4 Å². The molecule has 194 valence electrons. The van der Waals surface area contributed by atoms with Crippen molar-refractivity contribution in [2.24, 2.45) is 0 Å². The highest BCUT2D eigenvalue weighted by molar-refractivity contribution is 8.08. The van der Waals surface area contributed by atoms with Gasteiger partial charge in [-0.2, -0.15) is 4.57 Å². The summed E-state index contributed by atoms with van der Waals surface area (Å²) in [5.41, 5.74) is 1.79. The van der Waals surface area contributed by atoms with E-state index in [1.807, 2.05) is 54.7 Å². The molecular formula is C25H21ClF3N3O2S3. The van der Waals surface area contributed by atoms with Gasteiger partial charge in [0.2, 0.25) is 0 Å². The van der Waals surface area contributed by atoms with Crippen molar-refractivity contribution >= 4 is 51.2 Å². The molecule has 4 aromatic rings. The van der Waals surface area contributed by atoms with Gasteiger partial charge in [-0.15, -0.1) is 24.5 Å². The van der Waals surface area contributed by atoms with E-state index >= 15 is 0 Å². The van der Waals surface area contributed by atoms with Crippen molar-refractivity contribution in [2.45, 2.75) is 31.3 Å². The third-order valence-electron chi connectivity index (χ3n) is 5.62. The molecule has 5 rings (SSSR count). The van der Waals surface area contributed by atoms with E-state index < -0.39 is 6.36 Å². The van der Waals surface area contributed by atoms with Gasteiger partial charge in [-0.25, -0.2) is 0 Å². The monoisotopic (exact) mass is 583 g/mol. The molecule has 12 heteroatoms. The van der Waals surface area contributed by atoms with Crippen molar-refractivity contribution in [1.82, 2.24) is 4.57 Å². The highest BCUT2D eigenvalue weighted by Crippen LogP contribution is 2.47. The molecule has 0 unspecified atom stereocenters. The first-order chi connectivity index (χ1) is 17.2. The molecule has 1 aliphatic rings. The molecule has 0 radical (unpaired) electrons. The maximum atomic E-state index is 13.4. The number of nitrogens with zero attached hydrogens (tertiary/aromatic N) is 3. The van der Waals surface area contributed by atoms with Crippen LogP contribution in [0.5, 0.6) is 5.75 Å². The maximum Gasteiger partial charge on any atom is 0.573 e. The topological polar surface area (TPSA) is 38.4 Å². The fourth-order valence-electron chi connectivity index (χ4n) is 3.95. The average Bonchev–Trinajstić information content (AvgIpc) is 3.49. The Balaban J connectivity index is 0.00000320. The standard InChI is InChI=1S/C25H21F3N3O2S3.ClH/c1-3-31-21(14-20-30(11-12-34-20)15-16-7-5-4-6-8-16)36-22(23(31)32)24-29(2)18-10-9-17(13-19(18)35-24)33-25(26,27)28;/h4-14H,3,15H2,1-2H3;1H/q+1;/p-1/b24-22+;. The minimum Gasteiger partial charge on any atom is -1.00 e. The number of anilines is 1. The van der Waals surface area contributed by atoms with Gasteiger partial charge in [0.25, 0.3) is 10.6 Å². The fourth-order valence-corrected chi connectivity index (χ4v) is 7.29. The van der Waals surface area contributed by atoms with E-state index in [0.29, 0.717) is 21.0 Å². The number of thiazole rings is 2. The number of alkyl halides is 3. The van der Waals surface area contributed by atoms with Crippen LogP contribution in [-0.4, -0.2) is 18.0 Å². The van der Waals surface area contributed by atoms with Crippen LogP contribution in [0.15, 0.2) is 69.8 Å². The van der Waals surface area contributed by atoms with Gasteiger partial charge >= 0.3 is 6.36 Å². The second-order valence-corrected chi connectivity index (χ2v) is 10.9. The molecule has 0 N–H and O–H groups in total.